The van der Waals surface area contributed by atoms with Crippen molar-refractivity contribution in [3.05, 3.63) is 0 Å². The van der Waals surface area contributed by atoms with E-state index in [1.165, 1.54) is 6.21 Å². The molecule has 0 rings (SSSR count). The largest absolute Gasteiger partial charge is 0.444 e. The number of carbonyl (C=O) groups excluding carboxylic acids is 2. The maximum atomic E-state index is 11.2. The lowest BCUT2D eigenvalue weighted by molar-refractivity contribution is -0.102. The van der Waals surface area contributed by atoms with Gasteiger partial charge in [0, 0.05) is 13.1 Å². The molecule has 0 aromatic heterocycles. The molecule has 0 aliphatic heterocycles. The normalized spacial score (nSPS) is 12.5. The first kappa shape index (κ1) is 16.1. The number of alkyl carbamates (subject to hydrolysis) is 1. The van der Waals surface area contributed by atoms with E-state index in [0.29, 0.717) is 25.8 Å². The molecule has 0 radical (unpaired) electrons. The van der Waals surface area contributed by atoms with Gasteiger partial charge in [-0.3, -0.25) is 9.79 Å². The summed E-state index contributed by atoms with van der Waals surface area (Å²) in [4.78, 5) is 25.5. The van der Waals surface area contributed by atoms with Crippen molar-refractivity contribution >= 4 is 24.3 Å². The number of hydrogen-bond donors (Lipinski definition) is 2. The summed E-state index contributed by atoms with van der Waals surface area (Å²) < 4.78 is 5.05. The SMILES string of the molecule is CC(C)(C)OC(=O)NCCCN=C/C(C=O)=N\N. The number of hydrogen-bond acceptors (Lipinski definition) is 6. The summed E-state index contributed by atoms with van der Waals surface area (Å²) in [6, 6.07) is 0. The molecule has 0 bridgehead atoms. The first-order chi connectivity index (χ1) is 8.39. The molecular weight excluding hydrogens is 236 g/mol. The van der Waals surface area contributed by atoms with Gasteiger partial charge in [-0.2, -0.15) is 5.10 Å². The quantitative estimate of drug-likeness (QED) is 0.237. The molecule has 1 amide bonds. The number of nitrogens with one attached hydrogen (secondary N) is 1. The zero-order valence-electron chi connectivity index (χ0n) is 11.0. The van der Waals surface area contributed by atoms with Crippen molar-refractivity contribution < 1.29 is 14.3 Å². The monoisotopic (exact) mass is 256 g/mol. The Morgan fingerprint density at radius 3 is 2.61 bits per heavy atom. The minimum atomic E-state index is -0.501. The lowest BCUT2D eigenvalue weighted by Crippen LogP contribution is -2.33. The second kappa shape index (κ2) is 8.21. The van der Waals surface area contributed by atoms with E-state index in [4.69, 9.17) is 10.6 Å². The second-order valence-corrected chi connectivity index (χ2v) is 4.49. The van der Waals surface area contributed by atoms with Crippen LogP contribution in [0.1, 0.15) is 27.2 Å². The van der Waals surface area contributed by atoms with Crippen LogP contribution in [-0.2, 0) is 9.53 Å². The Balaban J connectivity index is 3.69. The van der Waals surface area contributed by atoms with Crippen molar-refractivity contribution in [2.75, 3.05) is 13.1 Å². The molecule has 0 spiro atoms. The Bertz CT molecular complexity index is 332. The van der Waals surface area contributed by atoms with E-state index in [1.54, 1.807) is 20.8 Å². The van der Waals surface area contributed by atoms with Crippen LogP contribution in [0.2, 0.25) is 0 Å². The number of hydrazone groups is 1. The zero-order valence-corrected chi connectivity index (χ0v) is 11.0. The van der Waals surface area contributed by atoms with Gasteiger partial charge in [0.05, 0.1) is 6.21 Å². The molecule has 3 N–H and O–H groups in total. The van der Waals surface area contributed by atoms with Crippen molar-refractivity contribution in [2.45, 2.75) is 32.8 Å². The topological polar surface area (TPSA) is 106 Å². The smallest absolute Gasteiger partial charge is 0.407 e. The van der Waals surface area contributed by atoms with Gasteiger partial charge >= 0.3 is 6.09 Å². The van der Waals surface area contributed by atoms with Crippen LogP contribution in [0.5, 0.6) is 0 Å². The van der Waals surface area contributed by atoms with E-state index in [0.717, 1.165) is 0 Å². The molecule has 7 nitrogen and oxygen atoms in total. The van der Waals surface area contributed by atoms with Gasteiger partial charge in [-0.1, -0.05) is 0 Å². The summed E-state index contributed by atoms with van der Waals surface area (Å²) in [5.41, 5.74) is -0.423. The fourth-order valence-corrected chi connectivity index (χ4v) is 0.927. The van der Waals surface area contributed by atoms with Crippen LogP contribution >= 0.6 is 0 Å². The van der Waals surface area contributed by atoms with Gasteiger partial charge in [-0.05, 0) is 27.2 Å². The third kappa shape index (κ3) is 9.32. The number of amides is 1. The van der Waals surface area contributed by atoms with Crippen LogP contribution in [0, 0.1) is 0 Å². The molecule has 7 heteroatoms. The third-order valence-corrected chi connectivity index (χ3v) is 1.63. The summed E-state index contributed by atoms with van der Waals surface area (Å²) >= 11 is 0. The van der Waals surface area contributed by atoms with E-state index in [2.05, 4.69) is 15.4 Å². The second-order valence-electron chi connectivity index (χ2n) is 4.49. The van der Waals surface area contributed by atoms with Gasteiger partial charge in [0.2, 0.25) is 0 Å². The van der Waals surface area contributed by atoms with Crippen LogP contribution in [0.4, 0.5) is 4.79 Å². The average Bonchev–Trinajstić information content (AvgIpc) is 2.26. The maximum Gasteiger partial charge on any atom is 0.407 e. The molecule has 18 heavy (non-hydrogen) atoms. The standard InChI is InChI=1S/C11H20N4O3/c1-11(2,3)18-10(17)14-6-4-5-13-7-9(8-16)15-12/h7-8H,4-6,12H2,1-3H3,(H,14,17)/b13-7?,15-9+. The van der Waals surface area contributed by atoms with Crippen LogP contribution < -0.4 is 11.2 Å². The molecule has 0 saturated carbocycles. The molecule has 0 aliphatic rings. The van der Waals surface area contributed by atoms with Crippen molar-refractivity contribution in [1.82, 2.24) is 5.32 Å². The molecule has 0 atom stereocenters. The fraction of sp³-hybridized carbons (Fsp3) is 0.636. The summed E-state index contributed by atoms with van der Waals surface area (Å²) in [5, 5.41) is 5.80. The first-order valence-electron chi connectivity index (χ1n) is 5.59. The highest BCUT2D eigenvalue weighted by molar-refractivity contribution is 6.54. The summed E-state index contributed by atoms with van der Waals surface area (Å²) in [6.45, 7) is 6.29. The summed E-state index contributed by atoms with van der Waals surface area (Å²) in [6.07, 6.45) is 1.98. The number of aldehydes is 1. The molecule has 0 heterocycles. The molecule has 0 saturated heterocycles. The summed E-state index contributed by atoms with van der Waals surface area (Å²) in [7, 11) is 0. The van der Waals surface area contributed by atoms with Gasteiger partial charge in [0.15, 0.2) is 6.29 Å². The molecule has 0 fully saturated rings. The highest BCUT2D eigenvalue weighted by atomic mass is 16.6. The van der Waals surface area contributed by atoms with Gasteiger partial charge < -0.3 is 15.9 Å². The number of ether oxygens (including phenoxy) is 1. The van der Waals surface area contributed by atoms with Crippen molar-refractivity contribution in [1.29, 1.82) is 0 Å². The van der Waals surface area contributed by atoms with Crippen LogP contribution in [0.25, 0.3) is 0 Å². The Morgan fingerprint density at radius 2 is 2.11 bits per heavy atom. The lowest BCUT2D eigenvalue weighted by Gasteiger charge is -2.19. The number of nitrogens with zero attached hydrogens (tertiary/aromatic N) is 2. The van der Waals surface area contributed by atoms with E-state index < -0.39 is 11.7 Å². The summed E-state index contributed by atoms with van der Waals surface area (Å²) in [5.74, 6) is 4.91. The molecule has 0 aromatic rings. The van der Waals surface area contributed by atoms with E-state index >= 15 is 0 Å². The van der Waals surface area contributed by atoms with E-state index in [9.17, 15) is 9.59 Å². The molecule has 102 valence electrons. The number of aliphatic imine (C=N–C) groups is 1. The van der Waals surface area contributed by atoms with Crippen LogP contribution in [0.3, 0.4) is 0 Å². The number of rotatable bonds is 6. The Morgan fingerprint density at radius 1 is 1.44 bits per heavy atom. The minimum Gasteiger partial charge on any atom is -0.444 e. The highest BCUT2D eigenvalue weighted by Gasteiger charge is 2.15. The minimum absolute atomic E-state index is 0.0788. The third-order valence-electron chi connectivity index (χ3n) is 1.63. The predicted molar refractivity (Wildman–Crippen MR) is 69.9 cm³/mol. The Kier molecular flexibility index (Phi) is 7.34. The van der Waals surface area contributed by atoms with Gasteiger partial charge in [-0.15, -0.1) is 0 Å². The predicted octanol–water partition coefficient (Wildman–Crippen LogP) is 0.486. The van der Waals surface area contributed by atoms with Crippen molar-refractivity contribution in [3.63, 3.8) is 0 Å². The molecule has 0 aliphatic carbocycles. The Labute approximate surface area is 106 Å². The van der Waals surface area contributed by atoms with Crippen LogP contribution in [-0.4, -0.2) is 43.0 Å². The van der Waals surface area contributed by atoms with Crippen molar-refractivity contribution in [3.8, 4) is 0 Å². The average molecular weight is 256 g/mol. The fourth-order valence-electron chi connectivity index (χ4n) is 0.927. The Hall–Kier alpha value is -1.92. The molecular formula is C11H20N4O3. The molecule has 0 aromatic carbocycles. The van der Waals surface area contributed by atoms with Gasteiger partial charge in [0.25, 0.3) is 0 Å². The van der Waals surface area contributed by atoms with Crippen molar-refractivity contribution in [2.24, 2.45) is 15.9 Å². The van der Waals surface area contributed by atoms with E-state index in [1.807, 2.05) is 0 Å². The van der Waals surface area contributed by atoms with Gasteiger partial charge in [0.1, 0.15) is 11.3 Å². The van der Waals surface area contributed by atoms with Gasteiger partial charge in [-0.25, -0.2) is 4.79 Å². The zero-order chi connectivity index (χ0) is 14.0. The van der Waals surface area contributed by atoms with E-state index in [-0.39, 0.29) is 5.71 Å². The number of carbonyl (C=O) groups is 2. The maximum absolute atomic E-state index is 11.2. The molecule has 0 unspecified atom stereocenters. The number of nitrogens with two attached hydrogens (primary N) is 1. The lowest BCUT2D eigenvalue weighted by atomic mass is 10.2. The van der Waals surface area contributed by atoms with Crippen LogP contribution in [0.15, 0.2) is 10.1 Å². The first-order valence-corrected chi connectivity index (χ1v) is 5.59. The highest BCUT2D eigenvalue weighted by Crippen LogP contribution is 2.06.